The topological polar surface area (TPSA) is 40.5 Å². The van der Waals surface area contributed by atoms with Crippen LogP contribution in [0.2, 0.25) is 0 Å². The Morgan fingerprint density at radius 3 is 2.87 bits per heavy atom. The number of hydrogen-bond donors (Lipinski definition) is 1. The summed E-state index contributed by atoms with van der Waals surface area (Å²) in [6.07, 6.45) is 0. The van der Waals surface area contributed by atoms with Gasteiger partial charge in [0.15, 0.2) is 0 Å². The quantitative estimate of drug-likeness (QED) is 0.823. The van der Waals surface area contributed by atoms with Crippen molar-refractivity contribution in [3.05, 3.63) is 10.3 Å². The molecule has 1 N–H and O–H groups in total. The van der Waals surface area contributed by atoms with Crippen LogP contribution in [-0.2, 0) is 0 Å². The van der Waals surface area contributed by atoms with Gasteiger partial charge in [-0.2, -0.15) is 0 Å². The Labute approximate surface area is 97.1 Å². The van der Waals surface area contributed by atoms with E-state index in [-0.39, 0.29) is 4.75 Å². The molecule has 1 aliphatic rings. The van der Waals surface area contributed by atoms with Crippen molar-refractivity contribution in [2.75, 3.05) is 18.5 Å². The maximum absolute atomic E-state index is 11.0. The Morgan fingerprint density at radius 2 is 2.27 bits per heavy atom. The highest BCUT2D eigenvalue weighted by atomic mass is 32.2. The third-order valence-corrected chi connectivity index (χ3v) is 4.63. The van der Waals surface area contributed by atoms with Crippen LogP contribution in [0.1, 0.15) is 23.5 Å². The first-order valence-corrected chi connectivity index (χ1v) is 6.35. The first-order chi connectivity index (χ1) is 6.91. The van der Waals surface area contributed by atoms with E-state index < -0.39 is 5.97 Å². The summed E-state index contributed by atoms with van der Waals surface area (Å²) >= 11 is 3.08. The molecule has 82 valence electrons. The molecule has 0 fully saturated rings. The van der Waals surface area contributed by atoms with Crippen molar-refractivity contribution >= 4 is 34.8 Å². The summed E-state index contributed by atoms with van der Waals surface area (Å²) < 4.78 is 0.151. The zero-order chi connectivity index (χ0) is 11.2. The van der Waals surface area contributed by atoms with Crippen LogP contribution in [0.4, 0.5) is 5.69 Å². The zero-order valence-electron chi connectivity index (χ0n) is 8.90. The van der Waals surface area contributed by atoms with E-state index in [0.29, 0.717) is 4.88 Å². The van der Waals surface area contributed by atoms with Crippen molar-refractivity contribution in [1.82, 2.24) is 0 Å². The van der Waals surface area contributed by atoms with Crippen molar-refractivity contribution in [3.8, 4) is 0 Å². The highest BCUT2D eigenvalue weighted by Crippen LogP contribution is 2.47. The minimum absolute atomic E-state index is 0.151. The fourth-order valence-electron chi connectivity index (χ4n) is 1.90. The fourth-order valence-corrected chi connectivity index (χ4v) is 4.33. The molecule has 0 atom stereocenters. The average Bonchev–Trinajstić information content (AvgIpc) is 2.45. The first kappa shape index (κ1) is 10.8. The number of fused-ring (bicyclic) bond motifs is 1. The lowest BCUT2D eigenvalue weighted by Crippen LogP contribution is -2.37. The van der Waals surface area contributed by atoms with Crippen LogP contribution in [0, 0.1) is 0 Å². The summed E-state index contributed by atoms with van der Waals surface area (Å²) in [6.45, 7) is 5.23. The van der Waals surface area contributed by atoms with E-state index in [9.17, 15) is 4.79 Å². The summed E-state index contributed by atoms with van der Waals surface area (Å²) in [6, 6.07) is 0. The molecule has 0 saturated carbocycles. The maximum atomic E-state index is 11.0. The van der Waals surface area contributed by atoms with Gasteiger partial charge < -0.3 is 10.0 Å². The molecular formula is C10H13NO2S2. The largest absolute Gasteiger partial charge is 0.477 e. The normalized spacial score (nSPS) is 18.7. The van der Waals surface area contributed by atoms with E-state index in [0.717, 1.165) is 17.1 Å². The number of nitrogens with zero attached hydrogens (tertiary/aromatic N) is 1. The molecular weight excluding hydrogens is 230 g/mol. The molecule has 15 heavy (non-hydrogen) atoms. The minimum atomic E-state index is -0.826. The number of carboxylic acid groups (broad SMARTS) is 1. The molecule has 0 saturated heterocycles. The molecule has 2 heterocycles. The van der Waals surface area contributed by atoms with Gasteiger partial charge >= 0.3 is 5.97 Å². The summed E-state index contributed by atoms with van der Waals surface area (Å²) in [5.41, 5.74) is 0.886. The second kappa shape index (κ2) is 3.42. The van der Waals surface area contributed by atoms with Gasteiger partial charge in [-0.05, 0) is 13.8 Å². The lowest BCUT2D eigenvalue weighted by Gasteiger charge is -2.36. The van der Waals surface area contributed by atoms with E-state index in [1.54, 1.807) is 11.8 Å². The molecule has 5 heteroatoms. The van der Waals surface area contributed by atoms with Gasteiger partial charge in [-0.15, -0.1) is 23.1 Å². The summed E-state index contributed by atoms with van der Waals surface area (Å²) in [7, 11) is 1.96. The van der Waals surface area contributed by atoms with Crippen LogP contribution in [0.25, 0.3) is 0 Å². The number of thiophene rings is 1. The number of anilines is 1. The lowest BCUT2D eigenvalue weighted by molar-refractivity contribution is 0.0702. The third-order valence-electron chi connectivity index (χ3n) is 2.31. The fraction of sp³-hybridized carbons (Fsp3) is 0.500. The highest BCUT2D eigenvalue weighted by molar-refractivity contribution is 8.01. The number of rotatable bonds is 1. The van der Waals surface area contributed by atoms with Crippen LogP contribution >= 0.6 is 23.1 Å². The van der Waals surface area contributed by atoms with E-state index >= 15 is 0 Å². The SMILES string of the molecule is CN1CC(C)(C)Sc2csc(C(=O)O)c21. The molecule has 0 bridgehead atoms. The molecule has 1 aromatic heterocycles. The summed E-state index contributed by atoms with van der Waals surface area (Å²) in [5.74, 6) is -0.826. The van der Waals surface area contributed by atoms with Gasteiger partial charge in [0.05, 0.1) is 5.69 Å². The maximum Gasteiger partial charge on any atom is 0.348 e. The second-order valence-corrected chi connectivity index (χ2v) is 6.93. The number of hydrogen-bond acceptors (Lipinski definition) is 4. The van der Waals surface area contributed by atoms with E-state index in [1.165, 1.54) is 11.3 Å². The van der Waals surface area contributed by atoms with E-state index in [4.69, 9.17) is 5.11 Å². The van der Waals surface area contributed by atoms with Gasteiger partial charge in [0.1, 0.15) is 4.88 Å². The lowest BCUT2D eigenvalue weighted by atomic mass is 10.2. The van der Waals surface area contributed by atoms with Crippen LogP contribution < -0.4 is 4.90 Å². The Kier molecular flexibility index (Phi) is 2.47. The molecule has 0 aliphatic carbocycles. The smallest absolute Gasteiger partial charge is 0.348 e. The van der Waals surface area contributed by atoms with Crippen molar-refractivity contribution in [2.24, 2.45) is 0 Å². The van der Waals surface area contributed by atoms with Gasteiger partial charge in [-0.25, -0.2) is 4.79 Å². The van der Waals surface area contributed by atoms with Crippen molar-refractivity contribution in [2.45, 2.75) is 23.5 Å². The van der Waals surface area contributed by atoms with Crippen molar-refractivity contribution in [1.29, 1.82) is 0 Å². The first-order valence-electron chi connectivity index (χ1n) is 4.66. The third kappa shape index (κ3) is 1.86. The van der Waals surface area contributed by atoms with Crippen LogP contribution in [0.3, 0.4) is 0 Å². The standard InChI is InChI=1S/C10H13NO2S2/c1-10(2)5-11(3)7-6(15-10)4-14-8(7)9(12)13/h4H,5H2,1-3H3,(H,12,13). The molecule has 0 aromatic carbocycles. The van der Waals surface area contributed by atoms with Gasteiger partial charge in [0, 0.05) is 28.6 Å². The predicted molar refractivity (Wildman–Crippen MR) is 64.5 cm³/mol. The van der Waals surface area contributed by atoms with Gasteiger partial charge in [-0.3, -0.25) is 0 Å². The van der Waals surface area contributed by atoms with Crippen molar-refractivity contribution in [3.63, 3.8) is 0 Å². The summed E-state index contributed by atoms with van der Waals surface area (Å²) in [4.78, 5) is 14.6. The number of carbonyl (C=O) groups is 1. The number of thioether (sulfide) groups is 1. The molecule has 2 rings (SSSR count). The molecule has 1 aliphatic heterocycles. The average molecular weight is 243 g/mol. The molecule has 0 amide bonds. The summed E-state index contributed by atoms with van der Waals surface area (Å²) in [5, 5.41) is 11.0. The molecule has 1 aromatic rings. The molecule has 3 nitrogen and oxygen atoms in total. The van der Waals surface area contributed by atoms with Gasteiger partial charge in [-0.1, -0.05) is 0 Å². The Balaban J connectivity index is 2.48. The van der Waals surface area contributed by atoms with Crippen molar-refractivity contribution < 1.29 is 9.90 Å². The Morgan fingerprint density at radius 1 is 1.60 bits per heavy atom. The number of aromatic carboxylic acids is 1. The van der Waals surface area contributed by atoms with E-state index in [2.05, 4.69) is 13.8 Å². The van der Waals surface area contributed by atoms with Crippen LogP contribution in [0.5, 0.6) is 0 Å². The van der Waals surface area contributed by atoms with E-state index in [1.807, 2.05) is 17.3 Å². The Hall–Kier alpha value is -0.680. The Bertz CT molecular complexity index is 412. The number of carboxylic acids is 1. The van der Waals surface area contributed by atoms with Gasteiger partial charge in [0.25, 0.3) is 0 Å². The second-order valence-electron chi connectivity index (χ2n) is 4.30. The molecule has 0 radical (unpaired) electrons. The van der Waals surface area contributed by atoms with Crippen LogP contribution in [0.15, 0.2) is 10.3 Å². The predicted octanol–water partition coefficient (Wildman–Crippen LogP) is 2.77. The van der Waals surface area contributed by atoms with Crippen LogP contribution in [-0.4, -0.2) is 29.4 Å². The molecule has 0 spiro atoms. The monoisotopic (exact) mass is 243 g/mol. The highest BCUT2D eigenvalue weighted by Gasteiger charge is 2.33. The zero-order valence-corrected chi connectivity index (χ0v) is 10.5. The minimum Gasteiger partial charge on any atom is -0.477 e. The van der Waals surface area contributed by atoms with Gasteiger partial charge in [0.2, 0.25) is 0 Å². The molecule has 0 unspecified atom stereocenters.